The van der Waals surface area contributed by atoms with Gasteiger partial charge in [0.25, 0.3) is 0 Å². The van der Waals surface area contributed by atoms with Crippen molar-refractivity contribution in [3.05, 3.63) is 40.7 Å². The molecule has 1 aromatic rings. The maximum atomic E-state index is 6.24. The van der Waals surface area contributed by atoms with Gasteiger partial charge < -0.3 is 23.7 Å². The van der Waals surface area contributed by atoms with Crippen LogP contribution in [0.25, 0.3) is 0 Å². The third-order valence-electron chi connectivity index (χ3n) is 5.61. The smallest absolute Gasteiger partial charge is 0.203 e. The first kappa shape index (κ1) is 20.6. The summed E-state index contributed by atoms with van der Waals surface area (Å²) >= 11 is 0. The fourth-order valence-corrected chi connectivity index (χ4v) is 4.16. The van der Waals surface area contributed by atoms with Crippen LogP contribution in [0.4, 0.5) is 0 Å². The van der Waals surface area contributed by atoms with Crippen LogP contribution >= 0.6 is 0 Å². The van der Waals surface area contributed by atoms with E-state index in [9.17, 15) is 0 Å². The monoisotopic (exact) mass is 389 g/mol. The molecular formula is C22H31NO5. The summed E-state index contributed by atoms with van der Waals surface area (Å²) in [4.78, 5) is 2.27. The molecule has 0 aromatic heterocycles. The van der Waals surface area contributed by atoms with Gasteiger partial charge in [0.2, 0.25) is 5.75 Å². The van der Waals surface area contributed by atoms with Gasteiger partial charge in [0.15, 0.2) is 11.5 Å². The zero-order valence-electron chi connectivity index (χ0n) is 17.8. The molecule has 0 fully saturated rings. The number of benzene rings is 1. The molecule has 2 aliphatic rings. The Morgan fingerprint density at radius 3 is 2.32 bits per heavy atom. The standard InChI is InChI=1S/C22H31NO5/c1-15-9-18-17(7-8-28-18)22(12-15,23(2)3)14-27-13-16-10-19(24-4)21(26-6)20(11-16)25-5/h9-11H,7-8,12-14H2,1-6H3. The highest BCUT2D eigenvalue weighted by Crippen LogP contribution is 2.43. The normalized spacial score (nSPS) is 21.3. The molecule has 1 heterocycles. The molecule has 0 saturated carbocycles. The first-order valence-electron chi connectivity index (χ1n) is 9.53. The van der Waals surface area contributed by atoms with E-state index in [1.807, 2.05) is 12.1 Å². The van der Waals surface area contributed by atoms with E-state index in [4.69, 9.17) is 23.7 Å². The lowest BCUT2D eigenvalue weighted by Crippen LogP contribution is -2.51. The number of nitrogens with zero attached hydrogens (tertiary/aromatic N) is 1. The second-order valence-electron chi connectivity index (χ2n) is 7.56. The fourth-order valence-electron chi connectivity index (χ4n) is 4.16. The molecule has 154 valence electrons. The Hall–Kier alpha value is -2.18. The van der Waals surface area contributed by atoms with Crippen LogP contribution in [0, 0.1) is 0 Å². The van der Waals surface area contributed by atoms with Crippen molar-refractivity contribution in [2.75, 3.05) is 48.6 Å². The van der Waals surface area contributed by atoms with Crippen molar-refractivity contribution in [1.29, 1.82) is 0 Å². The first-order valence-corrected chi connectivity index (χ1v) is 9.53. The topological polar surface area (TPSA) is 49.4 Å². The van der Waals surface area contributed by atoms with Crippen LogP contribution in [0.1, 0.15) is 25.3 Å². The Balaban J connectivity index is 1.79. The predicted molar refractivity (Wildman–Crippen MR) is 108 cm³/mol. The van der Waals surface area contributed by atoms with Crippen LogP contribution in [-0.4, -0.2) is 59.1 Å². The zero-order chi connectivity index (χ0) is 20.3. The van der Waals surface area contributed by atoms with E-state index in [0.717, 1.165) is 30.8 Å². The van der Waals surface area contributed by atoms with Gasteiger partial charge in [-0.15, -0.1) is 0 Å². The Bertz CT molecular complexity index is 758. The molecule has 0 amide bonds. The van der Waals surface area contributed by atoms with Crippen molar-refractivity contribution in [2.45, 2.75) is 31.9 Å². The lowest BCUT2D eigenvalue weighted by molar-refractivity contribution is 0.0246. The molecule has 6 heteroatoms. The molecule has 0 N–H and O–H groups in total. The van der Waals surface area contributed by atoms with Crippen molar-refractivity contribution in [2.24, 2.45) is 0 Å². The molecule has 0 spiro atoms. The third-order valence-corrected chi connectivity index (χ3v) is 5.61. The van der Waals surface area contributed by atoms with Crippen molar-refractivity contribution in [1.82, 2.24) is 4.90 Å². The average molecular weight is 389 g/mol. The van der Waals surface area contributed by atoms with E-state index in [0.29, 0.717) is 30.5 Å². The van der Waals surface area contributed by atoms with Gasteiger partial charge in [-0.05, 0) is 56.8 Å². The van der Waals surface area contributed by atoms with Gasteiger partial charge >= 0.3 is 0 Å². The molecule has 0 radical (unpaired) electrons. The molecule has 6 nitrogen and oxygen atoms in total. The van der Waals surface area contributed by atoms with E-state index >= 15 is 0 Å². The van der Waals surface area contributed by atoms with E-state index < -0.39 is 0 Å². The second-order valence-corrected chi connectivity index (χ2v) is 7.56. The highest BCUT2D eigenvalue weighted by atomic mass is 16.5. The number of rotatable bonds is 8. The van der Waals surface area contributed by atoms with Gasteiger partial charge in [0.1, 0.15) is 5.76 Å². The Kier molecular flexibility index (Phi) is 6.20. The number of methoxy groups -OCH3 is 3. The summed E-state index contributed by atoms with van der Waals surface area (Å²) in [6.45, 7) is 3.95. The molecular weight excluding hydrogens is 358 g/mol. The Morgan fingerprint density at radius 2 is 1.75 bits per heavy atom. The van der Waals surface area contributed by atoms with E-state index in [2.05, 4.69) is 32.0 Å². The molecule has 3 rings (SSSR count). The molecule has 1 atom stereocenters. The largest absolute Gasteiger partial charge is 0.493 e. The highest BCUT2D eigenvalue weighted by molar-refractivity contribution is 5.53. The van der Waals surface area contributed by atoms with E-state index in [-0.39, 0.29) is 5.54 Å². The minimum atomic E-state index is -0.175. The maximum Gasteiger partial charge on any atom is 0.203 e. The summed E-state index contributed by atoms with van der Waals surface area (Å²) in [5.74, 6) is 2.88. The van der Waals surface area contributed by atoms with Gasteiger partial charge in [-0.25, -0.2) is 0 Å². The number of hydrogen-bond donors (Lipinski definition) is 0. The zero-order valence-corrected chi connectivity index (χ0v) is 17.8. The maximum absolute atomic E-state index is 6.24. The molecule has 1 aliphatic heterocycles. The van der Waals surface area contributed by atoms with Gasteiger partial charge in [0, 0.05) is 6.42 Å². The summed E-state index contributed by atoms with van der Waals surface area (Å²) in [5, 5.41) is 0. The minimum Gasteiger partial charge on any atom is -0.493 e. The highest BCUT2D eigenvalue weighted by Gasteiger charge is 2.43. The van der Waals surface area contributed by atoms with Crippen LogP contribution < -0.4 is 14.2 Å². The number of allylic oxidation sites excluding steroid dienone is 1. The predicted octanol–water partition coefficient (Wildman–Crippen LogP) is 3.55. The van der Waals surface area contributed by atoms with Gasteiger partial charge in [-0.3, -0.25) is 4.90 Å². The molecule has 0 bridgehead atoms. The lowest BCUT2D eigenvalue weighted by Gasteiger charge is -2.43. The van der Waals surface area contributed by atoms with Crippen molar-refractivity contribution in [3.63, 3.8) is 0 Å². The van der Waals surface area contributed by atoms with E-state index in [1.165, 1.54) is 11.1 Å². The minimum absolute atomic E-state index is 0.175. The van der Waals surface area contributed by atoms with Crippen LogP contribution in [-0.2, 0) is 16.1 Å². The van der Waals surface area contributed by atoms with Crippen LogP contribution in [0.3, 0.4) is 0 Å². The average Bonchev–Trinajstić information content (AvgIpc) is 3.15. The number of ether oxygens (including phenoxy) is 5. The summed E-state index contributed by atoms with van der Waals surface area (Å²) in [7, 11) is 9.07. The number of hydrogen-bond acceptors (Lipinski definition) is 6. The summed E-state index contributed by atoms with van der Waals surface area (Å²) in [6, 6.07) is 3.86. The van der Waals surface area contributed by atoms with Crippen molar-refractivity contribution >= 4 is 0 Å². The molecule has 1 aliphatic carbocycles. The van der Waals surface area contributed by atoms with Gasteiger partial charge in [0.05, 0.1) is 46.7 Å². The van der Waals surface area contributed by atoms with Crippen LogP contribution in [0.5, 0.6) is 17.2 Å². The fraction of sp³-hybridized carbons (Fsp3) is 0.545. The Morgan fingerprint density at radius 1 is 1.07 bits per heavy atom. The van der Waals surface area contributed by atoms with Gasteiger partial charge in [-0.2, -0.15) is 0 Å². The lowest BCUT2D eigenvalue weighted by atomic mass is 9.78. The quantitative estimate of drug-likeness (QED) is 0.678. The second kappa shape index (κ2) is 8.45. The molecule has 28 heavy (non-hydrogen) atoms. The number of likely N-dealkylation sites (N-methyl/N-ethyl adjacent to an activating group) is 1. The SMILES string of the molecule is COc1cc(COCC2(N(C)C)CC(C)=CC3=C2CCO3)cc(OC)c1OC. The first-order chi connectivity index (χ1) is 13.4. The van der Waals surface area contributed by atoms with Crippen LogP contribution in [0.2, 0.25) is 0 Å². The molecule has 1 aromatic carbocycles. The summed E-state index contributed by atoms with van der Waals surface area (Å²) in [6.07, 6.45) is 4.06. The van der Waals surface area contributed by atoms with Crippen molar-refractivity contribution < 1.29 is 23.7 Å². The summed E-state index contributed by atoms with van der Waals surface area (Å²) < 4.78 is 28.4. The molecule has 0 saturated heterocycles. The summed E-state index contributed by atoms with van der Waals surface area (Å²) in [5.41, 5.74) is 3.45. The third kappa shape index (κ3) is 3.71. The van der Waals surface area contributed by atoms with Gasteiger partial charge in [-0.1, -0.05) is 5.57 Å². The van der Waals surface area contributed by atoms with Crippen molar-refractivity contribution in [3.8, 4) is 17.2 Å². The Labute approximate surface area is 167 Å². The van der Waals surface area contributed by atoms with E-state index in [1.54, 1.807) is 21.3 Å². The molecule has 1 unspecified atom stereocenters. The van der Waals surface area contributed by atoms with Crippen LogP contribution in [0.15, 0.2) is 35.1 Å².